The molecule has 7 heteroatoms. The largest absolute Gasteiger partial charge is 0.286 e. The smallest absolute Gasteiger partial charge is 0.154 e. The third kappa shape index (κ3) is 5.33. The van der Waals surface area contributed by atoms with Crippen molar-refractivity contribution in [2.75, 3.05) is 11.5 Å². The van der Waals surface area contributed by atoms with Crippen LogP contribution in [-0.2, 0) is 9.84 Å². The SMILES string of the molecule is O=S1(=O)CC(N=Cc2ccc(Br)cc2)C(N=Cc2ccc(Br)cc2)C1. The van der Waals surface area contributed by atoms with Gasteiger partial charge in [-0.05, 0) is 35.4 Å². The predicted octanol–water partition coefficient (Wildman–Crippen LogP) is 3.92. The summed E-state index contributed by atoms with van der Waals surface area (Å²) in [4.78, 5) is 8.97. The lowest BCUT2D eigenvalue weighted by Crippen LogP contribution is -2.20. The molecule has 0 N–H and O–H groups in total. The average molecular weight is 484 g/mol. The van der Waals surface area contributed by atoms with Crippen LogP contribution in [0.4, 0.5) is 0 Å². The molecule has 0 bridgehead atoms. The minimum atomic E-state index is -3.11. The van der Waals surface area contributed by atoms with Crippen LogP contribution in [0.1, 0.15) is 11.1 Å². The molecule has 2 atom stereocenters. The van der Waals surface area contributed by atoms with Crippen molar-refractivity contribution in [3.8, 4) is 0 Å². The highest BCUT2D eigenvalue weighted by atomic mass is 79.9. The lowest BCUT2D eigenvalue weighted by atomic mass is 10.2. The molecule has 1 heterocycles. The van der Waals surface area contributed by atoms with E-state index < -0.39 is 9.84 Å². The summed E-state index contributed by atoms with van der Waals surface area (Å²) in [6, 6.07) is 14.7. The molecule has 1 aliphatic heterocycles. The highest BCUT2D eigenvalue weighted by molar-refractivity contribution is 9.10. The molecule has 0 radical (unpaired) electrons. The van der Waals surface area contributed by atoms with Gasteiger partial charge in [-0.3, -0.25) is 9.98 Å². The summed E-state index contributed by atoms with van der Waals surface area (Å²) in [5, 5.41) is 0. The fourth-order valence-electron chi connectivity index (χ4n) is 2.56. The lowest BCUT2D eigenvalue weighted by molar-refractivity contribution is 0.601. The van der Waals surface area contributed by atoms with E-state index in [1.807, 2.05) is 48.5 Å². The van der Waals surface area contributed by atoms with Crippen molar-refractivity contribution >= 4 is 54.1 Å². The van der Waals surface area contributed by atoms with Crippen LogP contribution < -0.4 is 0 Å². The number of halogens is 2. The number of rotatable bonds is 4. The van der Waals surface area contributed by atoms with Crippen LogP contribution in [-0.4, -0.2) is 44.4 Å². The molecule has 1 aliphatic rings. The molecule has 1 saturated heterocycles. The minimum Gasteiger partial charge on any atom is -0.286 e. The summed E-state index contributed by atoms with van der Waals surface area (Å²) in [5.41, 5.74) is 1.87. The van der Waals surface area contributed by atoms with Gasteiger partial charge in [0.25, 0.3) is 0 Å². The van der Waals surface area contributed by atoms with Gasteiger partial charge in [-0.2, -0.15) is 0 Å². The zero-order valence-corrected chi connectivity index (χ0v) is 17.2. The Kier molecular flexibility index (Phi) is 5.86. The Morgan fingerprint density at radius 1 is 0.760 bits per heavy atom. The summed E-state index contributed by atoms with van der Waals surface area (Å²) in [6.07, 6.45) is 3.44. The molecule has 3 rings (SSSR count). The first-order valence-corrected chi connectivity index (χ1v) is 11.1. The number of hydrogen-bond acceptors (Lipinski definition) is 4. The normalized spacial score (nSPS) is 22.8. The Morgan fingerprint density at radius 3 is 1.48 bits per heavy atom. The number of benzene rings is 2. The van der Waals surface area contributed by atoms with E-state index >= 15 is 0 Å². The first kappa shape index (κ1) is 18.5. The van der Waals surface area contributed by atoms with Gasteiger partial charge in [-0.1, -0.05) is 56.1 Å². The first-order valence-electron chi connectivity index (χ1n) is 7.69. The van der Waals surface area contributed by atoms with Crippen molar-refractivity contribution < 1.29 is 8.42 Å². The molecule has 0 aromatic heterocycles. The van der Waals surface area contributed by atoms with Crippen molar-refractivity contribution in [2.24, 2.45) is 9.98 Å². The van der Waals surface area contributed by atoms with E-state index in [1.165, 1.54) is 0 Å². The third-order valence-electron chi connectivity index (χ3n) is 3.86. The highest BCUT2D eigenvalue weighted by Crippen LogP contribution is 2.20. The maximum absolute atomic E-state index is 12.0. The summed E-state index contributed by atoms with van der Waals surface area (Å²) >= 11 is 6.78. The molecule has 0 aliphatic carbocycles. The minimum absolute atomic E-state index is 0.0440. The fraction of sp³-hybridized carbons (Fsp3) is 0.222. The number of nitrogens with zero attached hydrogens (tertiary/aromatic N) is 2. The number of hydrogen-bond donors (Lipinski definition) is 0. The molecule has 0 amide bonds. The average Bonchev–Trinajstić information content (AvgIpc) is 2.88. The molecule has 130 valence electrons. The second kappa shape index (κ2) is 7.93. The van der Waals surface area contributed by atoms with Gasteiger partial charge >= 0.3 is 0 Å². The van der Waals surface area contributed by atoms with Gasteiger partial charge in [0.2, 0.25) is 0 Å². The van der Waals surface area contributed by atoms with Crippen LogP contribution in [0.5, 0.6) is 0 Å². The van der Waals surface area contributed by atoms with E-state index in [-0.39, 0.29) is 23.6 Å². The Balaban J connectivity index is 1.76. The molecule has 2 unspecified atom stereocenters. The second-order valence-corrected chi connectivity index (χ2v) is 9.86. The maximum atomic E-state index is 12.0. The number of sulfone groups is 1. The van der Waals surface area contributed by atoms with E-state index in [0.717, 1.165) is 20.1 Å². The molecular weight excluding hydrogens is 468 g/mol. The van der Waals surface area contributed by atoms with Gasteiger partial charge in [0.15, 0.2) is 9.84 Å². The van der Waals surface area contributed by atoms with Crippen molar-refractivity contribution in [3.63, 3.8) is 0 Å². The van der Waals surface area contributed by atoms with Gasteiger partial charge in [0, 0.05) is 21.4 Å². The van der Waals surface area contributed by atoms with Crippen LogP contribution in [0.2, 0.25) is 0 Å². The summed E-state index contributed by atoms with van der Waals surface area (Å²) in [5.74, 6) is 0.0880. The standard InChI is InChI=1S/C18H16Br2N2O2S/c19-15-5-1-13(2-6-15)9-21-17-11-25(23,24)12-18(17)22-10-14-3-7-16(20)8-4-14/h1-10,17-18H,11-12H2. The van der Waals surface area contributed by atoms with Crippen LogP contribution in [0.15, 0.2) is 67.5 Å². The predicted molar refractivity (Wildman–Crippen MR) is 110 cm³/mol. The Bertz CT molecular complexity index is 822. The number of aliphatic imine (C=N–C) groups is 2. The summed E-state index contributed by atoms with van der Waals surface area (Å²) in [7, 11) is -3.11. The molecule has 0 saturated carbocycles. The van der Waals surface area contributed by atoms with Crippen molar-refractivity contribution in [2.45, 2.75) is 12.1 Å². The third-order valence-corrected chi connectivity index (χ3v) is 6.62. The molecule has 25 heavy (non-hydrogen) atoms. The zero-order valence-electron chi connectivity index (χ0n) is 13.2. The second-order valence-electron chi connectivity index (χ2n) is 5.87. The molecule has 2 aromatic rings. The first-order chi connectivity index (χ1) is 11.9. The van der Waals surface area contributed by atoms with E-state index in [2.05, 4.69) is 41.8 Å². The van der Waals surface area contributed by atoms with Crippen molar-refractivity contribution in [1.82, 2.24) is 0 Å². The maximum Gasteiger partial charge on any atom is 0.154 e. The van der Waals surface area contributed by atoms with E-state index in [4.69, 9.17) is 0 Å². The highest BCUT2D eigenvalue weighted by Gasteiger charge is 2.36. The van der Waals surface area contributed by atoms with Crippen molar-refractivity contribution in [1.29, 1.82) is 0 Å². The van der Waals surface area contributed by atoms with Crippen LogP contribution in [0.25, 0.3) is 0 Å². The van der Waals surface area contributed by atoms with Crippen LogP contribution in [0, 0.1) is 0 Å². The quantitative estimate of drug-likeness (QED) is 0.619. The van der Waals surface area contributed by atoms with Gasteiger partial charge in [-0.25, -0.2) is 8.42 Å². The Hall–Kier alpha value is -1.31. The molecule has 4 nitrogen and oxygen atoms in total. The van der Waals surface area contributed by atoms with Gasteiger partial charge in [0.1, 0.15) is 0 Å². The van der Waals surface area contributed by atoms with E-state index in [0.29, 0.717) is 0 Å². The molecular formula is C18H16Br2N2O2S. The van der Waals surface area contributed by atoms with E-state index in [9.17, 15) is 8.42 Å². The van der Waals surface area contributed by atoms with Crippen LogP contribution >= 0.6 is 31.9 Å². The molecule has 2 aromatic carbocycles. The molecule has 0 spiro atoms. The fourth-order valence-corrected chi connectivity index (χ4v) is 4.88. The summed E-state index contributed by atoms with van der Waals surface area (Å²) < 4.78 is 26.0. The van der Waals surface area contributed by atoms with Gasteiger partial charge in [0.05, 0.1) is 23.6 Å². The van der Waals surface area contributed by atoms with Gasteiger partial charge in [-0.15, -0.1) is 0 Å². The van der Waals surface area contributed by atoms with Crippen LogP contribution in [0.3, 0.4) is 0 Å². The lowest BCUT2D eigenvalue weighted by Gasteiger charge is -2.09. The van der Waals surface area contributed by atoms with Crippen molar-refractivity contribution in [3.05, 3.63) is 68.6 Å². The summed E-state index contributed by atoms with van der Waals surface area (Å²) in [6.45, 7) is 0. The van der Waals surface area contributed by atoms with Gasteiger partial charge < -0.3 is 0 Å². The molecule has 1 fully saturated rings. The van der Waals surface area contributed by atoms with E-state index in [1.54, 1.807) is 12.4 Å². The Morgan fingerprint density at radius 2 is 1.12 bits per heavy atom. The monoisotopic (exact) mass is 482 g/mol. The Labute approximate surface area is 164 Å². The topological polar surface area (TPSA) is 58.9 Å². The zero-order chi connectivity index (χ0) is 17.9.